The highest BCUT2D eigenvalue weighted by Crippen LogP contribution is 2.35. The van der Waals surface area contributed by atoms with Crippen molar-refractivity contribution in [2.45, 2.75) is 57.8 Å². The van der Waals surface area contributed by atoms with Gasteiger partial charge in [0.25, 0.3) is 0 Å². The quantitative estimate of drug-likeness (QED) is 0.808. The molecule has 2 aliphatic carbocycles. The zero-order chi connectivity index (χ0) is 13.2. The molecule has 1 aromatic rings. The second kappa shape index (κ2) is 5.64. The van der Waals surface area contributed by atoms with Crippen molar-refractivity contribution >= 4 is 0 Å². The highest BCUT2D eigenvalue weighted by molar-refractivity contribution is 5.27. The summed E-state index contributed by atoms with van der Waals surface area (Å²) in [6, 6.07) is 10.4. The summed E-state index contributed by atoms with van der Waals surface area (Å²) < 4.78 is 0. The molecule has 19 heavy (non-hydrogen) atoms. The smallest absolute Gasteiger partial charge is 0.0236 e. The summed E-state index contributed by atoms with van der Waals surface area (Å²) in [5, 5.41) is 3.63. The number of nitrogens with one attached hydrogen (secondary N) is 1. The molecule has 1 N–H and O–H groups in total. The first-order valence-electron chi connectivity index (χ1n) is 7.74. The molecule has 0 amide bonds. The summed E-state index contributed by atoms with van der Waals surface area (Å²) in [7, 11) is 2.27. The van der Waals surface area contributed by atoms with Crippen LogP contribution in [-0.2, 0) is 13.1 Å². The van der Waals surface area contributed by atoms with E-state index in [1.165, 1.54) is 36.8 Å². The molecule has 0 spiro atoms. The Kier molecular flexibility index (Phi) is 3.90. The Morgan fingerprint density at radius 3 is 2.47 bits per heavy atom. The number of nitrogens with zero attached hydrogens (tertiary/aromatic N) is 1. The highest BCUT2D eigenvalue weighted by Gasteiger charge is 2.30. The zero-order valence-electron chi connectivity index (χ0n) is 12.2. The second-order valence-corrected chi connectivity index (χ2v) is 6.42. The zero-order valence-corrected chi connectivity index (χ0v) is 12.2. The highest BCUT2D eigenvalue weighted by atomic mass is 15.1. The van der Waals surface area contributed by atoms with E-state index in [-0.39, 0.29) is 0 Å². The van der Waals surface area contributed by atoms with Gasteiger partial charge in [0.1, 0.15) is 0 Å². The van der Waals surface area contributed by atoms with Gasteiger partial charge in [0, 0.05) is 25.2 Å². The molecule has 3 rings (SSSR count). The Morgan fingerprint density at radius 2 is 1.84 bits per heavy atom. The van der Waals surface area contributed by atoms with Gasteiger partial charge in [-0.1, -0.05) is 24.3 Å². The van der Waals surface area contributed by atoms with Gasteiger partial charge in [-0.2, -0.15) is 0 Å². The Balaban J connectivity index is 1.61. The van der Waals surface area contributed by atoms with Gasteiger partial charge < -0.3 is 5.32 Å². The van der Waals surface area contributed by atoms with E-state index in [0.717, 1.165) is 31.1 Å². The van der Waals surface area contributed by atoms with Crippen molar-refractivity contribution in [3.63, 3.8) is 0 Å². The lowest BCUT2D eigenvalue weighted by Gasteiger charge is -2.25. The monoisotopic (exact) mass is 258 g/mol. The van der Waals surface area contributed by atoms with E-state index in [1.54, 1.807) is 0 Å². The Hall–Kier alpha value is -0.860. The Labute approximate surface area is 117 Å². The van der Waals surface area contributed by atoms with Crippen molar-refractivity contribution in [1.29, 1.82) is 0 Å². The largest absolute Gasteiger partial charge is 0.310 e. The molecule has 1 atom stereocenters. The fraction of sp³-hybridized carbons (Fsp3) is 0.647. The minimum Gasteiger partial charge on any atom is -0.310 e. The van der Waals surface area contributed by atoms with Crippen molar-refractivity contribution in [3.8, 4) is 0 Å². The van der Waals surface area contributed by atoms with Crippen LogP contribution in [0.1, 0.15) is 43.7 Å². The molecule has 0 heterocycles. The molecule has 1 aromatic carbocycles. The second-order valence-electron chi connectivity index (χ2n) is 6.42. The van der Waals surface area contributed by atoms with Gasteiger partial charge in [0.05, 0.1) is 0 Å². The SMILES string of the molecule is CC(C1CC1)N(C)Cc1ccccc1CNC1CC1. The van der Waals surface area contributed by atoms with Gasteiger partial charge >= 0.3 is 0 Å². The van der Waals surface area contributed by atoms with Crippen LogP contribution in [0.2, 0.25) is 0 Å². The number of rotatable bonds is 7. The molecule has 2 nitrogen and oxygen atoms in total. The lowest BCUT2D eigenvalue weighted by atomic mass is 10.1. The summed E-state index contributed by atoms with van der Waals surface area (Å²) in [5.41, 5.74) is 2.97. The Morgan fingerprint density at radius 1 is 1.16 bits per heavy atom. The van der Waals surface area contributed by atoms with Gasteiger partial charge in [0.15, 0.2) is 0 Å². The molecule has 0 aromatic heterocycles. The van der Waals surface area contributed by atoms with E-state index in [9.17, 15) is 0 Å². The predicted octanol–water partition coefficient (Wildman–Crippen LogP) is 3.17. The van der Waals surface area contributed by atoms with Gasteiger partial charge in [0.2, 0.25) is 0 Å². The average Bonchev–Trinajstić information content (AvgIpc) is 3.29. The maximum absolute atomic E-state index is 3.63. The van der Waals surface area contributed by atoms with E-state index >= 15 is 0 Å². The van der Waals surface area contributed by atoms with Crippen LogP contribution in [0, 0.1) is 5.92 Å². The minimum atomic E-state index is 0.726. The first-order chi connectivity index (χ1) is 9.24. The van der Waals surface area contributed by atoms with Crippen LogP contribution in [-0.4, -0.2) is 24.0 Å². The van der Waals surface area contributed by atoms with Crippen molar-refractivity contribution < 1.29 is 0 Å². The van der Waals surface area contributed by atoms with E-state index in [2.05, 4.69) is 48.5 Å². The van der Waals surface area contributed by atoms with Crippen molar-refractivity contribution in [2.24, 2.45) is 5.92 Å². The molecule has 2 fully saturated rings. The number of hydrogen-bond donors (Lipinski definition) is 1. The lowest BCUT2D eigenvalue weighted by Crippen LogP contribution is -2.30. The fourth-order valence-corrected chi connectivity index (χ4v) is 2.78. The molecule has 0 bridgehead atoms. The molecule has 104 valence electrons. The van der Waals surface area contributed by atoms with Crippen LogP contribution < -0.4 is 5.32 Å². The van der Waals surface area contributed by atoms with Gasteiger partial charge in [-0.25, -0.2) is 0 Å². The molecule has 0 saturated heterocycles. The minimum absolute atomic E-state index is 0.726. The third-order valence-corrected chi connectivity index (χ3v) is 4.70. The van der Waals surface area contributed by atoms with Crippen molar-refractivity contribution in [2.75, 3.05) is 7.05 Å². The average molecular weight is 258 g/mol. The van der Waals surface area contributed by atoms with E-state index in [1.807, 2.05) is 0 Å². The number of benzene rings is 1. The summed E-state index contributed by atoms with van der Waals surface area (Å²) >= 11 is 0. The van der Waals surface area contributed by atoms with Gasteiger partial charge in [-0.3, -0.25) is 4.90 Å². The van der Waals surface area contributed by atoms with Crippen LogP contribution in [0.3, 0.4) is 0 Å². The molecule has 2 heteroatoms. The van der Waals surface area contributed by atoms with Crippen LogP contribution >= 0.6 is 0 Å². The summed E-state index contributed by atoms with van der Waals surface area (Å²) in [4.78, 5) is 2.52. The number of hydrogen-bond acceptors (Lipinski definition) is 2. The van der Waals surface area contributed by atoms with Crippen molar-refractivity contribution in [3.05, 3.63) is 35.4 Å². The lowest BCUT2D eigenvalue weighted by molar-refractivity contribution is 0.226. The third-order valence-electron chi connectivity index (χ3n) is 4.70. The van der Waals surface area contributed by atoms with E-state index in [4.69, 9.17) is 0 Å². The standard InChI is InChI=1S/C17H26N2/c1-13(14-7-8-14)19(2)12-16-6-4-3-5-15(16)11-18-17-9-10-17/h3-6,13-14,17-18H,7-12H2,1-2H3. The molecule has 0 radical (unpaired) electrons. The summed E-state index contributed by atoms with van der Waals surface area (Å²) in [6.45, 7) is 4.50. The van der Waals surface area contributed by atoms with Crippen LogP contribution in [0.25, 0.3) is 0 Å². The molecule has 2 aliphatic rings. The van der Waals surface area contributed by atoms with Crippen molar-refractivity contribution in [1.82, 2.24) is 10.2 Å². The molecule has 2 saturated carbocycles. The van der Waals surface area contributed by atoms with Crippen LogP contribution in [0.5, 0.6) is 0 Å². The molecular formula is C17H26N2. The summed E-state index contributed by atoms with van der Waals surface area (Å²) in [6.07, 6.45) is 5.58. The van der Waals surface area contributed by atoms with E-state index < -0.39 is 0 Å². The van der Waals surface area contributed by atoms with Gasteiger partial charge in [-0.15, -0.1) is 0 Å². The fourth-order valence-electron chi connectivity index (χ4n) is 2.78. The first-order valence-corrected chi connectivity index (χ1v) is 7.74. The van der Waals surface area contributed by atoms with Crippen LogP contribution in [0.15, 0.2) is 24.3 Å². The van der Waals surface area contributed by atoms with Crippen LogP contribution in [0.4, 0.5) is 0 Å². The Bertz CT molecular complexity index is 421. The predicted molar refractivity (Wildman–Crippen MR) is 80.0 cm³/mol. The molecular weight excluding hydrogens is 232 g/mol. The third kappa shape index (κ3) is 3.58. The normalized spacial score (nSPS) is 20.8. The maximum atomic E-state index is 3.63. The topological polar surface area (TPSA) is 15.3 Å². The first kappa shape index (κ1) is 13.1. The maximum Gasteiger partial charge on any atom is 0.0236 e. The van der Waals surface area contributed by atoms with E-state index in [0.29, 0.717) is 0 Å². The molecule has 0 aliphatic heterocycles. The van der Waals surface area contributed by atoms with Gasteiger partial charge in [-0.05, 0) is 56.7 Å². The summed E-state index contributed by atoms with van der Waals surface area (Å²) in [5.74, 6) is 0.946. The molecule has 1 unspecified atom stereocenters.